The Bertz CT molecular complexity index is 657. The molecule has 2 rings (SSSR count). The Morgan fingerprint density at radius 1 is 1.35 bits per heavy atom. The fraction of sp³-hybridized carbons (Fsp3) is 0.417. The zero-order chi connectivity index (χ0) is 15.1. The number of hydrogen-bond donors (Lipinski definition) is 2. The van der Waals surface area contributed by atoms with E-state index in [1.54, 1.807) is 0 Å². The topological polar surface area (TPSA) is 83.5 Å². The Labute approximate surface area is 126 Å². The summed E-state index contributed by atoms with van der Waals surface area (Å²) in [4.78, 5) is 11.2. The molecule has 0 bridgehead atoms. The predicted molar refractivity (Wildman–Crippen MR) is 75.5 cm³/mol. The molecule has 1 aliphatic carbocycles. The van der Waals surface area contributed by atoms with E-state index >= 15 is 0 Å². The van der Waals surface area contributed by atoms with Crippen LogP contribution in [0.1, 0.15) is 19.8 Å². The van der Waals surface area contributed by atoms with Crippen molar-refractivity contribution in [1.29, 1.82) is 0 Å². The Morgan fingerprint density at radius 2 is 1.95 bits per heavy atom. The van der Waals surface area contributed by atoms with E-state index in [2.05, 4.69) is 4.72 Å². The van der Waals surface area contributed by atoms with E-state index in [9.17, 15) is 18.3 Å². The van der Waals surface area contributed by atoms with Crippen molar-refractivity contribution >= 4 is 39.2 Å². The fourth-order valence-corrected chi connectivity index (χ4v) is 3.76. The van der Waals surface area contributed by atoms with Gasteiger partial charge in [0.05, 0.1) is 14.9 Å². The molecule has 1 saturated carbocycles. The van der Waals surface area contributed by atoms with E-state index in [-0.39, 0.29) is 20.9 Å². The Hall–Kier alpha value is -0.820. The second kappa shape index (κ2) is 5.18. The van der Waals surface area contributed by atoms with Gasteiger partial charge in [-0.3, -0.25) is 4.79 Å². The van der Waals surface area contributed by atoms with Crippen LogP contribution in [0.2, 0.25) is 10.0 Å². The summed E-state index contributed by atoms with van der Waals surface area (Å²) in [6.07, 6.45) is 1.37. The minimum atomic E-state index is -3.98. The van der Waals surface area contributed by atoms with Gasteiger partial charge >= 0.3 is 5.97 Å². The summed E-state index contributed by atoms with van der Waals surface area (Å²) in [5, 5.41) is 9.60. The number of aliphatic carboxylic acids is 1. The second-order valence-corrected chi connectivity index (χ2v) is 7.46. The SMILES string of the molecule is CC(NS(=O)(=O)c1ccc(Cl)c(Cl)c1)(C(=O)O)C1CC1. The lowest BCUT2D eigenvalue weighted by Crippen LogP contribution is -2.53. The van der Waals surface area contributed by atoms with Crippen LogP contribution in [-0.2, 0) is 14.8 Å². The monoisotopic (exact) mass is 337 g/mol. The normalized spacial score (nSPS) is 18.6. The lowest BCUT2D eigenvalue weighted by molar-refractivity contribution is -0.144. The third-order valence-corrected chi connectivity index (χ3v) is 5.69. The predicted octanol–water partition coefficient (Wildman–Crippen LogP) is 2.53. The van der Waals surface area contributed by atoms with E-state index in [1.165, 1.54) is 25.1 Å². The number of sulfonamides is 1. The summed E-state index contributed by atoms with van der Waals surface area (Å²) in [6.45, 7) is 1.38. The molecule has 1 fully saturated rings. The summed E-state index contributed by atoms with van der Waals surface area (Å²) in [5.74, 6) is -1.39. The van der Waals surface area contributed by atoms with Gasteiger partial charge < -0.3 is 5.11 Å². The third kappa shape index (κ3) is 2.93. The highest BCUT2D eigenvalue weighted by atomic mass is 35.5. The number of carbonyl (C=O) groups is 1. The van der Waals surface area contributed by atoms with Gasteiger partial charge in [0, 0.05) is 0 Å². The largest absolute Gasteiger partial charge is 0.480 e. The van der Waals surface area contributed by atoms with E-state index in [4.69, 9.17) is 23.2 Å². The Kier molecular flexibility index (Phi) is 4.03. The van der Waals surface area contributed by atoms with Crippen molar-refractivity contribution in [2.75, 3.05) is 0 Å². The van der Waals surface area contributed by atoms with Gasteiger partial charge in [-0.15, -0.1) is 0 Å². The quantitative estimate of drug-likeness (QED) is 0.864. The highest BCUT2D eigenvalue weighted by Crippen LogP contribution is 2.40. The van der Waals surface area contributed by atoms with Crippen LogP contribution in [0.4, 0.5) is 0 Å². The molecular weight excluding hydrogens is 325 g/mol. The van der Waals surface area contributed by atoms with Crippen LogP contribution in [0.5, 0.6) is 0 Å². The van der Waals surface area contributed by atoms with Gasteiger partial charge in [0.2, 0.25) is 10.0 Å². The van der Waals surface area contributed by atoms with Crippen molar-refractivity contribution < 1.29 is 18.3 Å². The van der Waals surface area contributed by atoms with Crippen molar-refractivity contribution in [3.05, 3.63) is 28.2 Å². The zero-order valence-electron chi connectivity index (χ0n) is 10.6. The summed E-state index contributed by atoms with van der Waals surface area (Å²) >= 11 is 11.5. The molecule has 0 radical (unpaired) electrons. The first-order chi connectivity index (χ1) is 9.17. The molecule has 110 valence electrons. The molecule has 0 spiro atoms. The maximum absolute atomic E-state index is 12.3. The highest BCUT2D eigenvalue weighted by Gasteiger charge is 2.50. The molecule has 20 heavy (non-hydrogen) atoms. The zero-order valence-corrected chi connectivity index (χ0v) is 12.9. The minimum absolute atomic E-state index is 0.0954. The van der Waals surface area contributed by atoms with Gasteiger partial charge in [0.1, 0.15) is 5.54 Å². The number of rotatable bonds is 5. The minimum Gasteiger partial charge on any atom is -0.480 e. The van der Waals surface area contributed by atoms with Crippen molar-refractivity contribution in [2.24, 2.45) is 5.92 Å². The van der Waals surface area contributed by atoms with Crippen molar-refractivity contribution in [3.63, 3.8) is 0 Å². The Morgan fingerprint density at radius 3 is 2.40 bits per heavy atom. The summed E-state index contributed by atoms with van der Waals surface area (Å²) in [5.41, 5.74) is -1.51. The van der Waals surface area contributed by atoms with Crippen LogP contribution in [0.15, 0.2) is 23.1 Å². The first-order valence-corrected chi connectivity index (χ1v) is 8.13. The maximum Gasteiger partial charge on any atom is 0.324 e. The summed E-state index contributed by atoms with van der Waals surface area (Å²) < 4.78 is 26.8. The van der Waals surface area contributed by atoms with E-state index in [0.29, 0.717) is 12.8 Å². The van der Waals surface area contributed by atoms with E-state index < -0.39 is 21.5 Å². The fourth-order valence-electron chi connectivity index (χ4n) is 1.94. The smallest absolute Gasteiger partial charge is 0.324 e. The van der Waals surface area contributed by atoms with Gasteiger partial charge in [-0.05, 0) is 43.9 Å². The van der Waals surface area contributed by atoms with Gasteiger partial charge in [-0.1, -0.05) is 23.2 Å². The molecule has 1 atom stereocenters. The standard InChI is InChI=1S/C12H13Cl2NO4S/c1-12(11(16)17,7-2-3-7)15-20(18,19)8-4-5-9(13)10(14)6-8/h4-7,15H,2-3H2,1H3,(H,16,17). The van der Waals surface area contributed by atoms with Crippen molar-refractivity contribution in [1.82, 2.24) is 4.72 Å². The number of carboxylic acids is 1. The highest BCUT2D eigenvalue weighted by molar-refractivity contribution is 7.89. The molecule has 5 nitrogen and oxygen atoms in total. The molecule has 1 aromatic carbocycles. The van der Waals surface area contributed by atoms with Crippen LogP contribution in [0, 0.1) is 5.92 Å². The first kappa shape index (κ1) is 15.6. The van der Waals surface area contributed by atoms with Crippen LogP contribution in [-0.4, -0.2) is 25.0 Å². The molecule has 1 aromatic rings. The van der Waals surface area contributed by atoms with Gasteiger partial charge in [-0.2, -0.15) is 4.72 Å². The number of halogens is 2. The molecule has 2 N–H and O–H groups in total. The van der Waals surface area contributed by atoms with Gasteiger partial charge in [-0.25, -0.2) is 8.42 Å². The molecule has 0 aliphatic heterocycles. The number of hydrogen-bond acceptors (Lipinski definition) is 3. The lowest BCUT2D eigenvalue weighted by Gasteiger charge is -2.25. The molecular formula is C12H13Cl2NO4S. The summed E-state index contributed by atoms with van der Waals surface area (Å²) in [7, 11) is -3.98. The molecule has 0 amide bonds. The van der Waals surface area contributed by atoms with Crippen LogP contribution in [0.3, 0.4) is 0 Å². The lowest BCUT2D eigenvalue weighted by atomic mass is 9.98. The van der Waals surface area contributed by atoms with E-state index in [1.807, 2.05) is 0 Å². The van der Waals surface area contributed by atoms with Crippen LogP contribution in [0.25, 0.3) is 0 Å². The van der Waals surface area contributed by atoms with Crippen molar-refractivity contribution in [2.45, 2.75) is 30.2 Å². The third-order valence-electron chi connectivity index (χ3n) is 3.39. The Balaban J connectivity index is 2.35. The summed E-state index contributed by atoms with van der Waals surface area (Å²) in [6, 6.07) is 3.83. The average molecular weight is 338 g/mol. The molecule has 0 saturated heterocycles. The second-order valence-electron chi connectivity index (χ2n) is 4.96. The number of benzene rings is 1. The van der Waals surface area contributed by atoms with Gasteiger partial charge in [0.25, 0.3) is 0 Å². The number of carboxylic acid groups (broad SMARTS) is 1. The average Bonchev–Trinajstić information content (AvgIpc) is 3.15. The van der Waals surface area contributed by atoms with E-state index in [0.717, 1.165) is 0 Å². The van der Waals surface area contributed by atoms with Crippen LogP contribution < -0.4 is 4.72 Å². The molecule has 1 aliphatic rings. The molecule has 1 unspecified atom stereocenters. The van der Waals surface area contributed by atoms with Crippen molar-refractivity contribution in [3.8, 4) is 0 Å². The first-order valence-electron chi connectivity index (χ1n) is 5.89. The molecule has 8 heteroatoms. The molecule has 0 heterocycles. The van der Waals surface area contributed by atoms with Gasteiger partial charge in [0.15, 0.2) is 0 Å². The maximum atomic E-state index is 12.3. The van der Waals surface area contributed by atoms with Crippen LogP contribution >= 0.6 is 23.2 Å². The molecule has 0 aromatic heterocycles. The number of nitrogens with one attached hydrogen (secondary N) is 1.